The second kappa shape index (κ2) is 8.40. The van der Waals surface area contributed by atoms with E-state index in [1.165, 1.54) is 31.4 Å². The Morgan fingerprint density at radius 2 is 1.89 bits per heavy atom. The van der Waals surface area contributed by atoms with E-state index in [2.05, 4.69) is 6.92 Å². The minimum atomic E-state index is -0.963. The Morgan fingerprint density at radius 3 is 2.53 bits per heavy atom. The molecule has 1 N–H and O–H groups in total. The minimum absolute atomic E-state index is 0.210. The normalized spacial score (nSPS) is 10.2. The molecule has 0 aliphatic carbocycles. The number of benzene rings is 1. The molecule has 1 aromatic rings. The summed E-state index contributed by atoms with van der Waals surface area (Å²) in [6.07, 6.45) is 5.79. The fourth-order valence-corrected chi connectivity index (χ4v) is 1.81. The summed E-state index contributed by atoms with van der Waals surface area (Å²) in [5.41, 5.74) is 0.210. The Kier molecular flexibility index (Phi) is 6.79. The second-order valence-electron chi connectivity index (χ2n) is 4.43. The molecular formula is C15H22O4. The van der Waals surface area contributed by atoms with Gasteiger partial charge in [0.05, 0.1) is 19.3 Å². The van der Waals surface area contributed by atoms with Crippen molar-refractivity contribution in [1.29, 1.82) is 0 Å². The smallest absolute Gasteiger partial charge is 0.335 e. The van der Waals surface area contributed by atoms with Gasteiger partial charge in [0.25, 0.3) is 0 Å². The number of rotatable bonds is 9. The number of hydrogen-bond acceptors (Lipinski definition) is 3. The molecule has 1 rings (SSSR count). The van der Waals surface area contributed by atoms with Crippen LogP contribution >= 0.6 is 0 Å². The Morgan fingerprint density at radius 1 is 1.16 bits per heavy atom. The number of carboxylic acid groups (broad SMARTS) is 1. The van der Waals surface area contributed by atoms with E-state index >= 15 is 0 Å². The molecule has 0 radical (unpaired) electrons. The van der Waals surface area contributed by atoms with Gasteiger partial charge in [0.15, 0.2) is 11.5 Å². The van der Waals surface area contributed by atoms with Crippen LogP contribution in [0.1, 0.15) is 49.4 Å². The lowest BCUT2D eigenvalue weighted by Gasteiger charge is -2.11. The van der Waals surface area contributed by atoms with Crippen LogP contribution in [0.15, 0.2) is 18.2 Å². The summed E-state index contributed by atoms with van der Waals surface area (Å²) in [5.74, 6) is 0.104. The molecule has 4 heteroatoms. The summed E-state index contributed by atoms with van der Waals surface area (Å²) >= 11 is 0. The van der Waals surface area contributed by atoms with Crippen molar-refractivity contribution in [3.63, 3.8) is 0 Å². The van der Waals surface area contributed by atoms with Crippen LogP contribution in [0.5, 0.6) is 11.5 Å². The maximum atomic E-state index is 10.9. The van der Waals surface area contributed by atoms with E-state index in [0.29, 0.717) is 18.1 Å². The maximum Gasteiger partial charge on any atom is 0.335 e. The van der Waals surface area contributed by atoms with Gasteiger partial charge in [0.2, 0.25) is 0 Å². The predicted octanol–water partition coefficient (Wildman–Crippen LogP) is 3.74. The van der Waals surface area contributed by atoms with Gasteiger partial charge in [0, 0.05) is 0 Å². The van der Waals surface area contributed by atoms with Gasteiger partial charge in [-0.25, -0.2) is 4.79 Å². The standard InChI is InChI=1S/C15H22O4/c1-3-4-5-6-7-10-19-14-11-12(15(16)17)8-9-13(14)18-2/h8-9,11H,3-7,10H2,1-2H3,(H,16,17). The average Bonchev–Trinajstić information content (AvgIpc) is 2.42. The molecule has 0 bridgehead atoms. The molecular weight excluding hydrogens is 244 g/mol. The van der Waals surface area contributed by atoms with E-state index in [4.69, 9.17) is 14.6 Å². The minimum Gasteiger partial charge on any atom is -0.493 e. The molecule has 4 nitrogen and oxygen atoms in total. The van der Waals surface area contributed by atoms with Gasteiger partial charge >= 0.3 is 5.97 Å². The molecule has 19 heavy (non-hydrogen) atoms. The van der Waals surface area contributed by atoms with Gasteiger partial charge in [0.1, 0.15) is 0 Å². The zero-order valence-electron chi connectivity index (χ0n) is 11.6. The lowest BCUT2D eigenvalue weighted by molar-refractivity contribution is 0.0696. The van der Waals surface area contributed by atoms with Crippen molar-refractivity contribution < 1.29 is 19.4 Å². The molecule has 0 saturated carbocycles. The molecule has 0 saturated heterocycles. The van der Waals surface area contributed by atoms with Crippen LogP contribution in [0.25, 0.3) is 0 Å². The third-order valence-electron chi connectivity index (χ3n) is 2.92. The number of methoxy groups -OCH3 is 1. The first-order chi connectivity index (χ1) is 9.19. The second-order valence-corrected chi connectivity index (χ2v) is 4.43. The van der Waals surface area contributed by atoms with E-state index in [-0.39, 0.29) is 5.56 Å². The number of carbonyl (C=O) groups is 1. The molecule has 0 heterocycles. The molecule has 0 unspecified atom stereocenters. The van der Waals surface area contributed by atoms with Crippen molar-refractivity contribution in [2.75, 3.05) is 13.7 Å². The van der Waals surface area contributed by atoms with Crippen LogP contribution in [0.4, 0.5) is 0 Å². The molecule has 106 valence electrons. The van der Waals surface area contributed by atoms with Gasteiger partial charge in [-0.1, -0.05) is 32.6 Å². The van der Waals surface area contributed by atoms with Crippen LogP contribution in [-0.4, -0.2) is 24.8 Å². The third-order valence-corrected chi connectivity index (χ3v) is 2.92. The first-order valence-corrected chi connectivity index (χ1v) is 6.73. The highest BCUT2D eigenvalue weighted by molar-refractivity contribution is 5.88. The van der Waals surface area contributed by atoms with E-state index < -0.39 is 5.97 Å². The molecule has 0 aromatic heterocycles. The van der Waals surface area contributed by atoms with Gasteiger partial charge < -0.3 is 14.6 Å². The van der Waals surface area contributed by atoms with E-state index in [1.807, 2.05) is 0 Å². The van der Waals surface area contributed by atoms with Crippen LogP contribution in [-0.2, 0) is 0 Å². The fourth-order valence-electron chi connectivity index (χ4n) is 1.81. The molecule has 0 aliphatic rings. The number of hydrogen-bond donors (Lipinski definition) is 1. The van der Waals surface area contributed by atoms with Gasteiger partial charge in [-0.05, 0) is 24.6 Å². The summed E-state index contributed by atoms with van der Waals surface area (Å²) in [5, 5.41) is 8.95. The van der Waals surface area contributed by atoms with Crippen molar-refractivity contribution in [2.24, 2.45) is 0 Å². The van der Waals surface area contributed by atoms with Crippen molar-refractivity contribution in [1.82, 2.24) is 0 Å². The topological polar surface area (TPSA) is 55.8 Å². The summed E-state index contributed by atoms with van der Waals surface area (Å²) in [6, 6.07) is 4.64. The zero-order valence-corrected chi connectivity index (χ0v) is 11.6. The van der Waals surface area contributed by atoms with Gasteiger partial charge in [-0.15, -0.1) is 0 Å². The first kappa shape index (κ1) is 15.3. The van der Waals surface area contributed by atoms with Crippen LogP contribution < -0.4 is 9.47 Å². The fraction of sp³-hybridized carbons (Fsp3) is 0.533. The van der Waals surface area contributed by atoms with Crippen LogP contribution in [0, 0.1) is 0 Å². The highest BCUT2D eigenvalue weighted by Crippen LogP contribution is 2.28. The van der Waals surface area contributed by atoms with Gasteiger partial charge in [-0.3, -0.25) is 0 Å². The lowest BCUT2D eigenvalue weighted by Crippen LogP contribution is -2.02. The summed E-state index contributed by atoms with van der Waals surface area (Å²) < 4.78 is 10.8. The molecule has 0 atom stereocenters. The maximum absolute atomic E-state index is 10.9. The summed E-state index contributed by atoms with van der Waals surface area (Å²) in [7, 11) is 1.55. The SMILES string of the molecule is CCCCCCCOc1cc(C(=O)O)ccc1OC. The Balaban J connectivity index is 2.50. The summed E-state index contributed by atoms with van der Waals surface area (Å²) in [6.45, 7) is 2.77. The predicted molar refractivity (Wildman–Crippen MR) is 74.2 cm³/mol. The highest BCUT2D eigenvalue weighted by atomic mass is 16.5. The Labute approximate surface area is 114 Å². The molecule has 0 amide bonds. The number of carboxylic acids is 1. The molecule has 0 fully saturated rings. The highest BCUT2D eigenvalue weighted by Gasteiger charge is 2.09. The summed E-state index contributed by atoms with van der Waals surface area (Å²) in [4.78, 5) is 10.9. The Bertz CT molecular complexity index is 401. The molecule has 0 aliphatic heterocycles. The number of aromatic carboxylic acids is 1. The number of unbranched alkanes of at least 4 members (excludes halogenated alkanes) is 4. The zero-order chi connectivity index (χ0) is 14.1. The van der Waals surface area contributed by atoms with Gasteiger partial charge in [-0.2, -0.15) is 0 Å². The van der Waals surface area contributed by atoms with E-state index in [1.54, 1.807) is 13.2 Å². The average molecular weight is 266 g/mol. The first-order valence-electron chi connectivity index (χ1n) is 6.73. The van der Waals surface area contributed by atoms with Crippen molar-refractivity contribution in [3.05, 3.63) is 23.8 Å². The molecule has 0 spiro atoms. The quantitative estimate of drug-likeness (QED) is 0.692. The van der Waals surface area contributed by atoms with Crippen molar-refractivity contribution >= 4 is 5.97 Å². The Hall–Kier alpha value is -1.71. The van der Waals surface area contributed by atoms with Crippen LogP contribution in [0.2, 0.25) is 0 Å². The van der Waals surface area contributed by atoms with Crippen molar-refractivity contribution in [2.45, 2.75) is 39.0 Å². The monoisotopic (exact) mass is 266 g/mol. The van der Waals surface area contributed by atoms with E-state index in [0.717, 1.165) is 12.8 Å². The third kappa shape index (κ3) is 5.20. The largest absolute Gasteiger partial charge is 0.493 e. The van der Waals surface area contributed by atoms with Crippen LogP contribution in [0.3, 0.4) is 0 Å². The van der Waals surface area contributed by atoms with Crippen molar-refractivity contribution in [3.8, 4) is 11.5 Å². The lowest BCUT2D eigenvalue weighted by atomic mass is 10.1. The molecule has 1 aromatic carbocycles. The number of ether oxygens (including phenoxy) is 2. The van der Waals surface area contributed by atoms with E-state index in [9.17, 15) is 4.79 Å².